The summed E-state index contributed by atoms with van der Waals surface area (Å²) in [5.74, 6) is 0.900. The Bertz CT molecular complexity index is 523. The fraction of sp³-hybridized carbons (Fsp3) is 0.471. The molecule has 1 aromatic carbocycles. The normalized spacial score (nSPS) is 25.9. The zero-order valence-electron chi connectivity index (χ0n) is 11.8. The number of carbonyl (C=O) groups excluding carboxylic acids is 1. The number of nitrogens with zero attached hydrogens (tertiary/aromatic N) is 1. The van der Waals surface area contributed by atoms with Gasteiger partial charge in [0.1, 0.15) is 0 Å². The summed E-state index contributed by atoms with van der Waals surface area (Å²) in [7, 11) is 0. The van der Waals surface area contributed by atoms with Gasteiger partial charge in [-0.3, -0.25) is 4.79 Å². The van der Waals surface area contributed by atoms with Gasteiger partial charge in [-0.05, 0) is 55.4 Å². The minimum absolute atomic E-state index is 0.157. The van der Waals surface area contributed by atoms with Crippen molar-refractivity contribution in [3.8, 4) is 0 Å². The molecule has 106 valence electrons. The van der Waals surface area contributed by atoms with Crippen molar-refractivity contribution in [3.05, 3.63) is 35.9 Å². The van der Waals surface area contributed by atoms with Crippen LogP contribution in [0.2, 0.25) is 0 Å². The maximum atomic E-state index is 12.4. The van der Waals surface area contributed by atoms with Gasteiger partial charge in [-0.25, -0.2) is 0 Å². The number of anilines is 1. The van der Waals surface area contributed by atoms with Gasteiger partial charge in [0.25, 0.3) is 0 Å². The molecule has 2 fully saturated rings. The standard InChI is InChI=1S/C17H22N2O/c18-15-7-1-4-13(12-15)9-10-17(20)19-11-3-6-14-5-2-8-16(14)19/h1,4,7,9-10,12,14,16H,2-3,5-6,8,11,18H2/b10-9+. The second-order valence-electron chi connectivity index (χ2n) is 5.94. The number of benzene rings is 1. The summed E-state index contributed by atoms with van der Waals surface area (Å²) in [5.41, 5.74) is 7.46. The molecule has 3 nitrogen and oxygen atoms in total. The molecule has 2 aliphatic rings. The monoisotopic (exact) mass is 270 g/mol. The van der Waals surface area contributed by atoms with Crippen molar-refractivity contribution < 1.29 is 4.79 Å². The molecule has 20 heavy (non-hydrogen) atoms. The van der Waals surface area contributed by atoms with E-state index in [9.17, 15) is 4.79 Å². The highest BCUT2D eigenvalue weighted by molar-refractivity contribution is 5.92. The number of piperidine rings is 1. The molecule has 0 spiro atoms. The van der Waals surface area contributed by atoms with Gasteiger partial charge in [-0.2, -0.15) is 0 Å². The van der Waals surface area contributed by atoms with Crippen LogP contribution in [0.5, 0.6) is 0 Å². The van der Waals surface area contributed by atoms with Crippen LogP contribution in [-0.4, -0.2) is 23.4 Å². The Hall–Kier alpha value is -1.77. The molecule has 1 saturated carbocycles. The van der Waals surface area contributed by atoms with Crippen LogP contribution in [-0.2, 0) is 4.79 Å². The van der Waals surface area contributed by atoms with E-state index in [1.807, 2.05) is 30.3 Å². The van der Waals surface area contributed by atoms with E-state index in [2.05, 4.69) is 4.90 Å². The van der Waals surface area contributed by atoms with E-state index < -0.39 is 0 Å². The first-order valence-corrected chi connectivity index (χ1v) is 7.58. The molecule has 3 rings (SSSR count). The molecule has 1 aliphatic heterocycles. The van der Waals surface area contributed by atoms with Crippen LogP contribution in [0.1, 0.15) is 37.7 Å². The number of hydrogen-bond acceptors (Lipinski definition) is 2. The fourth-order valence-electron chi connectivity index (χ4n) is 3.65. The third-order valence-electron chi connectivity index (χ3n) is 4.61. The number of fused-ring (bicyclic) bond motifs is 1. The van der Waals surface area contributed by atoms with Crippen LogP contribution < -0.4 is 5.73 Å². The predicted molar refractivity (Wildman–Crippen MR) is 82.0 cm³/mol. The van der Waals surface area contributed by atoms with E-state index in [0.29, 0.717) is 6.04 Å². The number of amides is 1. The molecular formula is C17H22N2O. The molecule has 2 unspecified atom stereocenters. The minimum Gasteiger partial charge on any atom is -0.399 e. The number of carbonyl (C=O) groups is 1. The second-order valence-corrected chi connectivity index (χ2v) is 5.94. The lowest BCUT2D eigenvalue weighted by atomic mass is 9.92. The molecule has 1 aromatic rings. The highest BCUT2D eigenvalue weighted by Crippen LogP contribution is 2.36. The summed E-state index contributed by atoms with van der Waals surface area (Å²) in [6, 6.07) is 8.11. The lowest BCUT2D eigenvalue weighted by Gasteiger charge is -2.37. The third kappa shape index (κ3) is 2.72. The summed E-state index contributed by atoms with van der Waals surface area (Å²) in [4.78, 5) is 14.5. The Labute approximate surface area is 120 Å². The van der Waals surface area contributed by atoms with Gasteiger partial charge in [0.2, 0.25) is 5.91 Å². The summed E-state index contributed by atoms with van der Waals surface area (Å²) < 4.78 is 0. The molecule has 1 saturated heterocycles. The summed E-state index contributed by atoms with van der Waals surface area (Å²) in [6.07, 6.45) is 9.78. The van der Waals surface area contributed by atoms with E-state index >= 15 is 0 Å². The average molecular weight is 270 g/mol. The summed E-state index contributed by atoms with van der Waals surface area (Å²) >= 11 is 0. The lowest BCUT2D eigenvalue weighted by Crippen LogP contribution is -2.45. The maximum Gasteiger partial charge on any atom is 0.246 e. The molecule has 0 bridgehead atoms. The number of rotatable bonds is 2. The van der Waals surface area contributed by atoms with Gasteiger partial charge in [0.15, 0.2) is 0 Å². The van der Waals surface area contributed by atoms with Gasteiger partial charge in [-0.1, -0.05) is 18.6 Å². The van der Waals surface area contributed by atoms with E-state index in [-0.39, 0.29) is 5.91 Å². The van der Waals surface area contributed by atoms with Crippen molar-refractivity contribution in [1.29, 1.82) is 0 Å². The Kier molecular flexibility index (Phi) is 3.77. The fourth-order valence-corrected chi connectivity index (χ4v) is 3.65. The van der Waals surface area contributed by atoms with Gasteiger partial charge >= 0.3 is 0 Å². The van der Waals surface area contributed by atoms with Gasteiger partial charge in [0, 0.05) is 24.4 Å². The third-order valence-corrected chi connectivity index (χ3v) is 4.61. The number of hydrogen-bond donors (Lipinski definition) is 1. The molecular weight excluding hydrogens is 248 g/mol. The van der Waals surface area contributed by atoms with Gasteiger partial charge in [0.05, 0.1) is 0 Å². The lowest BCUT2D eigenvalue weighted by molar-refractivity contribution is -0.130. The molecule has 1 amide bonds. The van der Waals surface area contributed by atoms with Crippen LogP contribution in [0.4, 0.5) is 5.69 Å². The first-order valence-electron chi connectivity index (χ1n) is 7.58. The smallest absolute Gasteiger partial charge is 0.246 e. The van der Waals surface area contributed by atoms with Crippen molar-refractivity contribution >= 4 is 17.7 Å². The van der Waals surface area contributed by atoms with E-state index in [1.165, 1.54) is 25.7 Å². The van der Waals surface area contributed by atoms with E-state index in [4.69, 9.17) is 5.73 Å². The molecule has 3 heteroatoms. The first kappa shape index (κ1) is 13.2. The minimum atomic E-state index is 0.157. The second kappa shape index (κ2) is 5.70. The predicted octanol–water partition coefficient (Wildman–Crippen LogP) is 3.07. The van der Waals surface area contributed by atoms with Crippen molar-refractivity contribution in [3.63, 3.8) is 0 Å². The largest absolute Gasteiger partial charge is 0.399 e. The van der Waals surface area contributed by atoms with Crippen LogP contribution >= 0.6 is 0 Å². The van der Waals surface area contributed by atoms with Crippen molar-refractivity contribution in [1.82, 2.24) is 4.90 Å². The molecule has 2 atom stereocenters. The van der Waals surface area contributed by atoms with Crippen molar-refractivity contribution in [2.75, 3.05) is 12.3 Å². The molecule has 2 N–H and O–H groups in total. The average Bonchev–Trinajstić information content (AvgIpc) is 2.93. The highest BCUT2D eigenvalue weighted by Gasteiger charge is 2.36. The van der Waals surface area contributed by atoms with E-state index in [0.717, 1.165) is 30.1 Å². The number of likely N-dealkylation sites (tertiary alicyclic amines) is 1. The highest BCUT2D eigenvalue weighted by atomic mass is 16.2. The van der Waals surface area contributed by atoms with Gasteiger partial charge < -0.3 is 10.6 Å². The maximum absolute atomic E-state index is 12.4. The van der Waals surface area contributed by atoms with Crippen molar-refractivity contribution in [2.45, 2.75) is 38.1 Å². The zero-order valence-corrected chi connectivity index (χ0v) is 11.8. The Morgan fingerprint density at radius 1 is 1.25 bits per heavy atom. The number of nitrogen functional groups attached to an aromatic ring is 1. The topological polar surface area (TPSA) is 46.3 Å². The zero-order chi connectivity index (χ0) is 13.9. The SMILES string of the molecule is Nc1cccc(/C=C/C(=O)N2CCCC3CCCC32)c1. The van der Waals surface area contributed by atoms with Crippen LogP contribution in [0.3, 0.4) is 0 Å². The Morgan fingerprint density at radius 2 is 2.10 bits per heavy atom. The first-order chi connectivity index (χ1) is 9.74. The molecule has 1 aliphatic carbocycles. The molecule has 0 aromatic heterocycles. The quantitative estimate of drug-likeness (QED) is 0.663. The Morgan fingerprint density at radius 3 is 2.95 bits per heavy atom. The molecule has 1 heterocycles. The van der Waals surface area contributed by atoms with Crippen molar-refractivity contribution in [2.24, 2.45) is 5.92 Å². The molecule has 0 radical (unpaired) electrons. The van der Waals surface area contributed by atoms with Crippen LogP contribution in [0.25, 0.3) is 6.08 Å². The number of nitrogens with two attached hydrogens (primary N) is 1. The summed E-state index contributed by atoms with van der Waals surface area (Å²) in [6.45, 7) is 0.918. The van der Waals surface area contributed by atoms with Gasteiger partial charge in [-0.15, -0.1) is 0 Å². The van der Waals surface area contributed by atoms with Crippen LogP contribution in [0, 0.1) is 5.92 Å². The summed E-state index contributed by atoms with van der Waals surface area (Å²) in [5, 5.41) is 0. The Balaban J connectivity index is 1.69. The van der Waals surface area contributed by atoms with E-state index in [1.54, 1.807) is 6.08 Å². The van der Waals surface area contributed by atoms with Crippen LogP contribution in [0.15, 0.2) is 30.3 Å².